The van der Waals surface area contributed by atoms with E-state index in [1.54, 1.807) is 19.1 Å². The normalized spacial score (nSPS) is 19.2. The molecule has 1 fully saturated rings. The van der Waals surface area contributed by atoms with Crippen LogP contribution in [0.5, 0.6) is 5.75 Å². The molecule has 0 aliphatic carbocycles. The highest BCUT2D eigenvalue weighted by Gasteiger charge is 2.50. The Balaban J connectivity index is 1.89. The molecule has 1 aliphatic rings. The highest BCUT2D eigenvalue weighted by Crippen LogP contribution is 2.39. The molecule has 1 saturated heterocycles. The van der Waals surface area contributed by atoms with Gasteiger partial charge >= 0.3 is 24.1 Å². The van der Waals surface area contributed by atoms with E-state index in [9.17, 15) is 19.2 Å². The minimum Gasteiger partial charge on any atom is -0.476 e. The van der Waals surface area contributed by atoms with Gasteiger partial charge in [0.15, 0.2) is 48.7 Å². The van der Waals surface area contributed by atoms with Gasteiger partial charge in [-0.2, -0.15) is 0 Å². The molecule has 2 heterocycles. The van der Waals surface area contributed by atoms with Crippen LogP contribution in [0.2, 0.25) is 54.4 Å². The van der Waals surface area contributed by atoms with E-state index in [0.717, 1.165) is 11.8 Å². The fourth-order valence-electron chi connectivity index (χ4n) is 5.09. The van der Waals surface area contributed by atoms with Gasteiger partial charge in [-0.15, -0.1) is 11.8 Å². The second-order valence-corrected chi connectivity index (χ2v) is 35.2. The summed E-state index contributed by atoms with van der Waals surface area (Å²) in [5, 5.41) is 0.520. The molecule has 346 valence electrons. The van der Waals surface area contributed by atoms with Gasteiger partial charge in [-0.05, 0) is 79.0 Å². The highest BCUT2D eigenvalue weighted by molar-refractivity contribution is 7.99. The first-order valence-electron chi connectivity index (χ1n) is 20.7. The maximum Gasteiger partial charge on any atom is 0.508 e. The Hall–Kier alpha value is -3.08. The molecular formula is C42H70O15SSi3. The predicted octanol–water partition coefficient (Wildman–Crippen LogP) is 10.2. The van der Waals surface area contributed by atoms with Gasteiger partial charge in [-0.25, -0.2) is 19.2 Å². The zero-order chi connectivity index (χ0) is 46.2. The summed E-state index contributed by atoms with van der Waals surface area (Å²) in [6.07, 6.45) is -7.36. The smallest absolute Gasteiger partial charge is 0.476 e. The standard InChI is InChI=1S/C42H70O15SSi3/c1-28-25-33(43)54-31-26-29(17-18-30(28)31)53-36-35(57-39(46)49-21-24-52-61(15,16)42(8,9)10)34(56-38(45)48-20-23-51-60(13,14)41(5,6)7)32(27-58-36)55-37(44)47-19-22-50-59(11,12)40(2,3)4/h17-18,25-26,32,34-36H,19-24,27H2,1-16H3/t32-,34+,35-,36+/m1/s1. The van der Waals surface area contributed by atoms with Crippen molar-refractivity contribution in [1.82, 2.24) is 0 Å². The van der Waals surface area contributed by atoms with Crippen LogP contribution in [0.25, 0.3) is 11.0 Å². The summed E-state index contributed by atoms with van der Waals surface area (Å²) < 4.78 is 64.0. The van der Waals surface area contributed by atoms with E-state index in [0.29, 0.717) is 10.9 Å². The van der Waals surface area contributed by atoms with Crippen molar-refractivity contribution in [1.29, 1.82) is 0 Å². The average Bonchev–Trinajstić information content (AvgIpc) is 3.11. The second-order valence-electron chi connectivity index (χ2n) is 19.7. The molecule has 3 rings (SSSR count). The lowest BCUT2D eigenvalue weighted by atomic mass is 10.1. The Morgan fingerprint density at radius 3 is 1.51 bits per heavy atom. The lowest BCUT2D eigenvalue weighted by Crippen LogP contribution is -2.56. The zero-order valence-electron chi connectivity index (χ0n) is 39.1. The molecule has 19 heteroatoms. The molecule has 1 aliphatic heterocycles. The summed E-state index contributed by atoms with van der Waals surface area (Å²) in [4.78, 5) is 52.2. The van der Waals surface area contributed by atoms with E-state index >= 15 is 0 Å². The summed E-state index contributed by atoms with van der Waals surface area (Å²) in [5.74, 6) is 0.275. The van der Waals surface area contributed by atoms with Crippen molar-refractivity contribution in [3.63, 3.8) is 0 Å². The third-order valence-corrected chi connectivity index (χ3v) is 26.8. The zero-order valence-corrected chi connectivity index (χ0v) is 42.9. The Morgan fingerprint density at radius 2 is 1.07 bits per heavy atom. The minimum absolute atomic E-state index is 0.0176. The van der Waals surface area contributed by atoms with Crippen molar-refractivity contribution in [2.45, 2.75) is 147 Å². The molecule has 0 unspecified atom stereocenters. The van der Waals surface area contributed by atoms with E-state index in [2.05, 4.69) is 102 Å². The fourth-order valence-corrected chi connectivity index (χ4v) is 9.39. The Labute approximate surface area is 368 Å². The second kappa shape index (κ2) is 21.1. The van der Waals surface area contributed by atoms with Crippen molar-refractivity contribution >= 4 is 66.1 Å². The van der Waals surface area contributed by atoms with Crippen molar-refractivity contribution in [3.05, 3.63) is 40.2 Å². The largest absolute Gasteiger partial charge is 0.508 e. The van der Waals surface area contributed by atoms with Crippen molar-refractivity contribution < 1.29 is 65.2 Å². The number of fused-ring (bicyclic) bond motifs is 1. The molecule has 2 aromatic rings. The molecule has 0 bridgehead atoms. The van der Waals surface area contributed by atoms with Crippen LogP contribution >= 0.6 is 11.8 Å². The third kappa shape index (κ3) is 15.3. The van der Waals surface area contributed by atoms with Crippen LogP contribution in [0.3, 0.4) is 0 Å². The lowest BCUT2D eigenvalue weighted by Gasteiger charge is -2.39. The number of benzene rings is 1. The van der Waals surface area contributed by atoms with E-state index in [4.69, 9.17) is 50.9 Å². The maximum atomic E-state index is 13.4. The quantitative estimate of drug-likeness (QED) is 0.0481. The molecular weight excluding hydrogens is 861 g/mol. The van der Waals surface area contributed by atoms with Crippen LogP contribution in [-0.2, 0) is 41.7 Å². The van der Waals surface area contributed by atoms with E-state index in [-0.39, 0.29) is 71.8 Å². The Kier molecular flexibility index (Phi) is 18.1. The summed E-state index contributed by atoms with van der Waals surface area (Å²) in [5.41, 5.74) is -0.597. The first-order chi connectivity index (χ1) is 27.9. The number of hydrogen-bond acceptors (Lipinski definition) is 16. The van der Waals surface area contributed by atoms with Gasteiger partial charge in [0.2, 0.25) is 0 Å². The predicted molar refractivity (Wildman–Crippen MR) is 242 cm³/mol. The third-order valence-electron chi connectivity index (χ3n) is 12.0. The monoisotopic (exact) mass is 930 g/mol. The lowest BCUT2D eigenvalue weighted by molar-refractivity contribution is -0.121. The highest BCUT2D eigenvalue weighted by atomic mass is 32.2. The van der Waals surface area contributed by atoms with Crippen LogP contribution in [0.1, 0.15) is 67.9 Å². The number of thioether (sulfide) groups is 1. The number of carbonyl (C=O) groups excluding carboxylic acids is 3. The average molecular weight is 931 g/mol. The first kappa shape index (κ1) is 52.3. The summed E-state index contributed by atoms with van der Waals surface area (Å²) in [7, 11) is -6.41. The van der Waals surface area contributed by atoms with Crippen LogP contribution in [-0.4, -0.2) is 113 Å². The number of hydrogen-bond donors (Lipinski definition) is 0. The van der Waals surface area contributed by atoms with Crippen molar-refractivity contribution in [2.24, 2.45) is 0 Å². The minimum atomic E-state index is -2.15. The molecule has 0 radical (unpaired) electrons. The molecule has 1 aromatic carbocycles. The number of aryl methyl sites for hydroxylation is 1. The van der Waals surface area contributed by atoms with Gasteiger partial charge in [0.25, 0.3) is 0 Å². The molecule has 61 heavy (non-hydrogen) atoms. The van der Waals surface area contributed by atoms with Gasteiger partial charge in [0.05, 0.1) is 19.8 Å². The molecule has 4 atom stereocenters. The van der Waals surface area contributed by atoms with Crippen LogP contribution < -0.4 is 10.4 Å². The summed E-state index contributed by atoms with van der Waals surface area (Å²) in [6.45, 7) is 33.3. The molecule has 0 saturated carbocycles. The molecule has 0 amide bonds. The SMILES string of the molecule is Cc1cc(=O)oc2cc(O[C@H]3SC[C@@H](OC(=O)OCCO[Si](C)(C)C(C)(C)C)[C@H](OC(=O)OCCO[Si](C)(C)C(C)(C)C)[C@H]3OC(=O)OCCO[Si](C)(C)C(C)(C)C)ccc12. The fraction of sp³-hybridized carbons (Fsp3) is 0.714. The molecule has 1 aromatic heterocycles. The van der Waals surface area contributed by atoms with Crippen LogP contribution in [0, 0.1) is 6.92 Å². The van der Waals surface area contributed by atoms with Crippen LogP contribution in [0.4, 0.5) is 14.4 Å². The Bertz CT molecular complexity index is 1850. The molecule has 15 nitrogen and oxygen atoms in total. The van der Waals surface area contributed by atoms with Crippen molar-refractivity contribution in [3.8, 4) is 5.75 Å². The number of rotatable bonds is 17. The van der Waals surface area contributed by atoms with E-state index < -0.39 is 72.8 Å². The summed E-state index contributed by atoms with van der Waals surface area (Å²) >= 11 is 1.13. The van der Waals surface area contributed by atoms with E-state index in [1.807, 2.05) is 0 Å². The van der Waals surface area contributed by atoms with E-state index in [1.165, 1.54) is 12.1 Å². The van der Waals surface area contributed by atoms with Gasteiger partial charge in [-0.3, -0.25) is 0 Å². The van der Waals surface area contributed by atoms with Crippen LogP contribution in [0.15, 0.2) is 33.5 Å². The first-order valence-corrected chi connectivity index (χ1v) is 30.5. The molecule has 0 spiro atoms. The van der Waals surface area contributed by atoms with Crippen molar-refractivity contribution in [2.75, 3.05) is 45.4 Å². The maximum absolute atomic E-state index is 13.4. The Morgan fingerprint density at radius 1 is 0.639 bits per heavy atom. The van der Waals surface area contributed by atoms with Gasteiger partial charge in [0.1, 0.15) is 31.2 Å². The number of carbonyl (C=O) groups is 3. The van der Waals surface area contributed by atoms with Gasteiger partial charge < -0.3 is 50.9 Å². The van der Waals surface area contributed by atoms with Gasteiger partial charge in [0, 0.05) is 23.3 Å². The number of ether oxygens (including phenoxy) is 7. The summed E-state index contributed by atoms with van der Waals surface area (Å²) in [6, 6.07) is 6.33. The van der Waals surface area contributed by atoms with Gasteiger partial charge in [-0.1, -0.05) is 62.3 Å². The topological polar surface area (TPSA) is 174 Å². The molecule has 0 N–H and O–H groups in total.